The minimum Gasteiger partial charge on any atom is -0.388 e. The molecule has 1 aliphatic rings. The van der Waals surface area contributed by atoms with Crippen LogP contribution in [0.4, 0.5) is 0 Å². The Kier molecular flexibility index (Phi) is 12.8. The van der Waals surface area contributed by atoms with Crippen LogP contribution in [0.15, 0.2) is 0 Å². The van der Waals surface area contributed by atoms with Gasteiger partial charge in [0.2, 0.25) is 0 Å². The first-order valence-electron chi connectivity index (χ1n) is 10.6. The summed E-state index contributed by atoms with van der Waals surface area (Å²) in [7, 11) is 0. The SMILES string of the molecule is CCCCC(CC)CO[C@H]1COC[C@@H](OCC(CC)CCCC)[C@@H]1O. The molecule has 1 rings (SSSR count). The molecule has 0 bridgehead atoms. The van der Waals surface area contributed by atoms with Crippen molar-refractivity contribution in [2.24, 2.45) is 11.8 Å². The fraction of sp³-hybridized carbons (Fsp3) is 1.00. The molecule has 5 atom stereocenters. The van der Waals surface area contributed by atoms with E-state index in [0.29, 0.717) is 38.3 Å². The van der Waals surface area contributed by atoms with E-state index in [1.54, 1.807) is 0 Å². The molecule has 4 heteroatoms. The molecule has 150 valence electrons. The maximum absolute atomic E-state index is 10.6. The highest BCUT2D eigenvalue weighted by atomic mass is 16.6. The van der Waals surface area contributed by atoms with Crippen LogP contribution in [-0.2, 0) is 14.2 Å². The predicted octanol–water partition coefficient (Wildman–Crippen LogP) is 4.58. The van der Waals surface area contributed by atoms with Gasteiger partial charge in [0.15, 0.2) is 0 Å². The van der Waals surface area contributed by atoms with Crippen LogP contribution in [0.2, 0.25) is 0 Å². The summed E-state index contributed by atoms with van der Waals surface area (Å²) >= 11 is 0. The zero-order valence-corrected chi connectivity index (χ0v) is 17.0. The van der Waals surface area contributed by atoms with Crippen molar-refractivity contribution in [1.29, 1.82) is 0 Å². The molecular weight excluding hydrogens is 316 g/mol. The summed E-state index contributed by atoms with van der Waals surface area (Å²) in [5, 5.41) is 10.6. The van der Waals surface area contributed by atoms with Gasteiger partial charge in [-0.1, -0.05) is 66.2 Å². The van der Waals surface area contributed by atoms with E-state index in [0.717, 1.165) is 12.8 Å². The van der Waals surface area contributed by atoms with Crippen molar-refractivity contribution >= 4 is 0 Å². The lowest BCUT2D eigenvalue weighted by molar-refractivity contribution is -0.191. The molecule has 1 N–H and O–H groups in total. The van der Waals surface area contributed by atoms with Gasteiger partial charge in [-0.05, 0) is 24.7 Å². The smallest absolute Gasteiger partial charge is 0.111 e. The Morgan fingerprint density at radius 1 is 0.840 bits per heavy atom. The van der Waals surface area contributed by atoms with Crippen LogP contribution in [0.1, 0.15) is 79.1 Å². The van der Waals surface area contributed by atoms with Gasteiger partial charge in [0, 0.05) is 0 Å². The standard InChI is InChI=1S/C21H42O4/c1-5-9-11-17(7-3)13-24-19-15-23-16-20(21(19)22)25-14-18(8-4)12-10-6-2/h17-22H,5-16H2,1-4H3/t17?,18?,19-,20+,21+. The first-order valence-corrected chi connectivity index (χ1v) is 10.6. The summed E-state index contributed by atoms with van der Waals surface area (Å²) in [6, 6.07) is 0. The predicted molar refractivity (Wildman–Crippen MR) is 103 cm³/mol. The second-order valence-corrected chi connectivity index (χ2v) is 7.60. The lowest BCUT2D eigenvalue weighted by Crippen LogP contribution is -2.50. The second-order valence-electron chi connectivity index (χ2n) is 7.60. The molecule has 0 aromatic rings. The Morgan fingerprint density at radius 3 is 1.64 bits per heavy atom. The van der Waals surface area contributed by atoms with Gasteiger partial charge >= 0.3 is 0 Å². The summed E-state index contributed by atoms with van der Waals surface area (Å²) in [6.45, 7) is 11.2. The fourth-order valence-electron chi connectivity index (χ4n) is 3.35. The van der Waals surface area contributed by atoms with Crippen molar-refractivity contribution < 1.29 is 19.3 Å². The number of hydrogen-bond donors (Lipinski definition) is 1. The molecule has 0 aromatic carbocycles. The van der Waals surface area contributed by atoms with E-state index in [1.165, 1.54) is 38.5 Å². The van der Waals surface area contributed by atoms with Crippen molar-refractivity contribution in [3.63, 3.8) is 0 Å². The average molecular weight is 359 g/mol. The summed E-state index contributed by atoms with van der Waals surface area (Å²) in [5.74, 6) is 1.15. The van der Waals surface area contributed by atoms with E-state index in [1.807, 2.05) is 0 Å². The zero-order valence-electron chi connectivity index (χ0n) is 17.0. The molecule has 0 amide bonds. The van der Waals surface area contributed by atoms with E-state index in [-0.39, 0.29) is 12.2 Å². The molecular formula is C21H42O4. The third-order valence-electron chi connectivity index (χ3n) is 5.50. The van der Waals surface area contributed by atoms with Crippen LogP contribution in [0, 0.1) is 11.8 Å². The molecule has 2 unspecified atom stereocenters. The highest BCUT2D eigenvalue weighted by Crippen LogP contribution is 2.21. The number of unbranched alkanes of at least 4 members (excludes halogenated alkanes) is 2. The minimum absolute atomic E-state index is 0.259. The second kappa shape index (κ2) is 14.0. The van der Waals surface area contributed by atoms with Gasteiger partial charge in [0.05, 0.1) is 26.4 Å². The molecule has 1 fully saturated rings. The first kappa shape index (κ1) is 22.9. The van der Waals surface area contributed by atoms with Crippen LogP contribution in [0.25, 0.3) is 0 Å². The van der Waals surface area contributed by atoms with Gasteiger partial charge in [-0.3, -0.25) is 0 Å². The zero-order chi connectivity index (χ0) is 18.5. The normalized spacial score (nSPS) is 26.5. The topological polar surface area (TPSA) is 47.9 Å². The molecule has 25 heavy (non-hydrogen) atoms. The molecule has 4 nitrogen and oxygen atoms in total. The Hall–Kier alpha value is -0.160. The number of ether oxygens (including phenoxy) is 3. The monoisotopic (exact) mass is 358 g/mol. The third-order valence-corrected chi connectivity index (χ3v) is 5.50. The van der Waals surface area contributed by atoms with Gasteiger partial charge in [-0.2, -0.15) is 0 Å². The van der Waals surface area contributed by atoms with Crippen LogP contribution in [0.3, 0.4) is 0 Å². The van der Waals surface area contributed by atoms with Crippen LogP contribution in [0.5, 0.6) is 0 Å². The number of aliphatic hydroxyl groups is 1. The van der Waals surface area contributed by atoms with Crippen molar-refractivity contribution in [1.82, 2.24) is 0 Å². The van der Waals surface area contributed by atoms with E-state index in [2.05, 4.69) is 27.7 Å². The molecule has 0 aromatic heterocycles. The van der Waals surface area contributed by atoms with Gasteiger partial charge in [0.25, 0.3) is 0 Å². The van der Waals surface area contributed by atoms with Crippen molar-refractivity contribution in [3.05, 3.63) is 0 Å². The van der Waals surface area contributed by atoms with Crippen LogP contribution < -0.4 is 0 Å². The fourth-order valence-corrected chi connectivity index (χ4v) is 3.35. The van der Waals surface area contributed by atoms with E-state index in [9.17, 15) is 5.11 Å². The summed E-state index contributed by atoms with van der Waals surface area (Å²) in [4.78, 5) is 0. The molecule has 0 spiro atoms. The lowest BCUT2D eigenvalue weighted by atomic mass is 9.99. The average Bonchev–Trinajstić information content (AvgIpc) is 2.64. The molecule has 0 radical (unpaired) electrons. The first-order chi connectivity index (χ1) is 12.2. The van der Waals surface area contributed by atoms with Gasteiger partial charge in [-0.15, -0.1) is 0 Å². The van der Waals surface area contributed by atoms with Gasteiger partial charge in [-0.25, -0.2) is 0 Å². The summed E-state index contributed by atoms with van der Waals surface area (Å²) < 4.78 is 17.7. The minimum atomic E-state index is -0.582. The quantitative estimate of drug-likeness (QED) is 0.494. The van der Waals surface area contributed by atoms with Crippen LogP contribution >= 0.6 is 0 Å². The molecule has 0 saturated carbocycles. The number of hydrogen-bond acceptors (Lipinski definition) is 4. The van der Waals surface area contributed by atoms with Crippen molar-refractivity contribution in [2.45, 2.75) is 97.4 Å². The van der Waals surface area contributed by atoms with Crippen molar-refractivity contribution in [3.8, 4) is 0 Å². The maximum Gasteiger partial charge on any atom is 0.111 e. The highest BCUT2D eigenvalue weighted by molar-refractivity contribution is 4.82. The molecule has 1 aliphatic heterocycles. The summed E-state index contributed by atoms with van der Waals surface area (Å²) in [6.07, 6.45) is 8.48. The van der Waals surface area contributed by atoms with E-state index in [4.69, 9.17) is 14.2 Å². The summed E-state index contributed by atoms with van der Waals surface area (Å²) in [5.41, 5.74) is 0. The van der Waals surface area contributed by atoms with E-state index >= 15 is 0 Å². The third kappa shape index (κ3) is 8.85. The molecule has 0 aliphatic carbocycles. The molecule has 1 saturated heterocycles. The Bertz CT molecular complexity index is 282. The Balaban J connectivity index is 2.38. The van der Waals surface area contributed by atoms with Gasteiger partial charge in [0.1, 0.15) is 18.3 Å². The largest absolute Gasteiger partial charge is 0.388 e. The highest BCUT2D eigenvalue weighted by Gasteiger charge is 2.34. The Labute approximate surface area is 155 Å². The van der Waals surface area contributed by atoms with Crippen LogP contribution in [-0.4, -0.2) is 49.8 Å². The lowest BCUT2D eigenvalue weighted by Gasteiger charge is -2.35. The maximum atomic E-state index is 10.6. The number of rotatable bonds is 14. The van der Waals surface area contributed by atoms with Gasteiger partial charge < -0.3 is 19.3 Å². The molecule has 1 heterocycles. The van der Waals surface area contributed by atoms with Crippen molar-refractivity contribution in [2.75, 3.05) is 26.4 Å². The number of aliphatic hydroxyl groups excluding tert-OH is 1. The Morgan fingerprint density at radius 2 is 1.28 bits per heavy atom. The van der Waals surface area contributed by atoms with E-state index < -0.39 is 6.10 Å².